The smallest absolute Gasteiger partial charge is 0.354 e. The second kappa shape index (κ2) is 8.72. The third-order valence-corrected chi connectivity index (χ3v) is 3.61. The third-order valence-electron chi connectivity index (χ3n) is 3.61. The maximum Gasteiger partial charge on any atom is 0.354 e. The fraction of sp³-hybridized carbons (Fsp3) is 0.263. The average molecular weight is 326 g/mol. The van der Waals surface area contributed by atoms with Crippen molar-refractivity contribution < 1.29 is 14.3 Å². The number of aryl methyl sites for hydroxylation is 1. The number of hydrogen-bond donors (Lipinski definition) is 2. The Morgan fingerprint density at radius 2 is 1.96 bits per heavy atom. The fourth-order valence-electron chi connectivity index (χ4n) is 2.24. The Morgan fingerprint density at radius 3 is 2.54 bits per heavy atom. The number of hydrogen-bond acceptors (Lipinski definition) is 3. The quantitative estimate of drug-likeness (QED) is 0.606. The van der Waals surface area contributed by atoms with E-state index in [4.69, 9.17) is 4.74 Å². The van der Waals surface area contributed by atoms with Gasteiger partial charge in [0, 0.05) is 17.5 Å². The molecule has 5 nitrogen and oxygen atoms in total. The molecule has 2 aromatic rings. The van der Waals surface area contributed by atoms with Crippen molar-refractivity contribution in [1.29, 1.82) is 0 Å². The Kier molecular flexibility index (Phi) is 6.37. The summed E-state index contributed by atoms with van der Waals surface area (Å²) in [6, 6.07) is 11.0. The van der Waals surface area contributed by atoms with Gasteiger partial charge in [0.05, 0.1) is 7.11 Å². The zero-order valence-electron chi connectivity index (χ0n) is 14.0. The first-order valence-corrected chi connectivity index (χ1v) is 7.97. The van der Waals surface area contributed by atoms with Crippen molar-refractivity contribution in [3.05, 3.63) is 65.1 Å². The number of carbonyl (C=O) groups excluding carboxylic acids is 2. The third kappa shape index (κ3) is 4.84. The highest BCUT2D eigenvalue weighted by Crippen LogP contribution is 2.10. The predicted octanol–water partition coefficient (Wildman–Crippen LogP) is 3.30. The van der Waals surface area contributed by atoms with Gasteiger partial charge in [-0.05, 0) is 48.7 Å². The van der Waals surface area contributed by atoms with Crippen LogP contribution in [0.4, 0.5) is 0 Å². The molecule has 2 rings (SSSR count). The minimum Gasteiger partial charge on any atom is -0.464 e. The van der Waals surface area contributed by atoms with Crippen LogP contribution in [-0.2, 0) is 16.0 Å². The molecular formula is C19H22N2O3. The normalized spacial score (nSPS) is 11.2. The number of benzene rings is 1. The molecule has 0 bridgehead atoms. The first-order chi connectivity index (χ1) is 11.6. The van der Waals surface area contributed by atoms with Gasteiger partial charge in [0.1, 0.15) is 5.70 Å². The predicted molar refractivity (Wildman–Crippen MR) is 93.3 cm³/mol. The molecule has 0 aliphatic carbocycles. The molecule has 0 aliphatic rings. The number of amides is 1. The fourth-order valence-corrected chi connectivity index (χ4v) is 2.24. The van der Waals surface area contributed by atoms with Crippen molar-refractivity contribution in [1.82, 2.24) is 10.3 Å². The average Bonchev–Trinajstić information content (AvgIpc) is 3.12. The summed E-state index contributed by atoms with van der Waals surface area (Å²) in [7, 11) is 1.28. The maximum atomic E-state index is 12.4. The van der Waals surface area contributed by atoms with Crippen LogP contribution in [0.3, 0.4) is 0 Å². The highest BCUT2D eigenvalue weighted by molar-refractivity contribution is 6.03. The monoisotopic (exact) mass is 326 g/mol. The number of carbonyl (C=O) groups is 2. The molecule has 0 unspecified atom stereocenters. The lowest BCUT2D eigenvalue weighted by molar-refractivity contribution is -0.136. The summed E-state index contributed by atoms with van der Waals surface area (Å²) in [5.41, 5.74) is 2.48. The summed E-state index contributed by atoms with van der Waals surface area (Å²) in [6.07, 6.45) is 6.53. The van der Waals surface area contributed by atoms with E-state index in [0.717, 1.165) is 19.3 Å². The van der Waals surface area contributed by atoms with Crippen LogP contribution in [0.2, 0.25) is 0 Å². The minimum atomic E-state index is -0.600. The van der Waals surface area contributed by atoms with Crippen molar-refractivity contribution in [2.24, 2.45) is 0 Å². The van der Waals surface area contributed by atoms with Gasteiger partial charge in [0.25, 0.3) is 5.91 Å². The van der Waals surface area contributed by atoms with Gasteiger partial charge in [-0.1, -0.05) is 25.5 Å². The van der Waals surface area contributed by atoms with E-state index in [2.05, 4.69) is 17.2 Å². The van der Waals surface area contributed by atoms with E-state index >= 15 is 0 Å². The molecule has 2 N–H and O–H groups in total. The highest BCUT2D eigenvalue weighted by atomic mass is 16.5. The van der Waals surface area contributed by atoms with E-state index in [9.17, 15) is 9.59 Å². The number of aromatic amines is 1. The van der Waals surface area contributed by atoms with Crippen LogP contribution >= 0.6 is 0 Å². The second-order valence-corrected chi connectivity index (χ2v) is 5.43. The molecule has 5 heteroatoms. The number of aromatic nitrogens is 1. The van der Waals surface area contributed by atoms with E-state index in [0.29, 0.717) is 11.3 Å². The van der Waals surface area contributed by atoms with Gasteiger partial charge in [-0.2, -0.15) is 0 Å². The van der Waals surface area contributed by atoms with Gasteiger partial charge < -0.3 is 15.0 Å². The van der Waals surface area contributed by atoms with E-state index in [1.54, 1.807) is 36.5 Å². The van der Waals surface area contributed by atoms with Crippen molar-refractivity contribution in [2.75, 3.05) is 7.11 Å². The minimum absolute atomic E-state index is 0.0833. The second-order valence-electron chi connectivity index (χ2n) is 5.43. The molecule has 0 aliphatic heterocycles. The molecule has 126 valence electrons. The lowest BCUT2D eigenvalue weighted by Gasteiger charge is -2.08. The molecule has 24 heavy (non-hydrogen) atoms. The van der Waals surface area contributed by atoms with E-state index in [1.807, 2.05) is 12.1 Å². The van der Waals surface area contributed by atoms with Crippen LogP contribution in [0.15, 0.2) is 48.3 Å². The summed E-state index contributed by atoms with van der Waals surface area (Å²) < 4.78 is 4.73. The standard InChI is InChI=1S/C19H22N2O3/c1-3-4-6-14-8-10-15(11-9-14)18(22)21-17(19(23)24-2)13-16-7-5-12-20-16/h5,7-13,20H,3-4,6H2,1-2H3,(H,21,22). The molecular weight excluding hydrogens is 304 g/mol. The molecule has 0 saturated carbocycles. The van der Waals surface area contributed by atoms with Crippen LogP contribution < -0.4 is 5.32 Å². The highest BCUT2D eigenvalue weighted by Gasteiger charge is 2.15. The Bertz CT molecular complexity index is 701. The van der Waals surface area contributed by atoms with Crippen LogP contribution in [0.1, 0.15) is 41.4 Å². The lowest BCUT2D eigenvalue weighted by Crippen LogP contribution is -2.28. The number of ether oxygens (including phenoxy) is 1. The SMILES string of the molecule is CCCCc1ccc(C(=O)NC(=Cc2ccc[nH]2)C(=O)OC)cc1. The summed E-state index contributed by atoms with van der Waals surface area (Å²) in [5.74, 6) is -0.947. The van der Waals surface area contributed by atoms with Crippen LogP contribution in [0.25, 0.3) is 6.08 Å². The first kappa shape index (κ1) is 17.5. The van der Waals surface area contributed by atoms with Gasteiger partial charge in [0.2, 0.25) is 0 Å². The number of H-pyrrole nitrogens is 1. The lowest BCUT2D eigenvalue weighted by atomic mass is 10.1. The maximum absolute atomic E-state index is 12.4. The molecule has 1 amide bonds. The van der Waals surface area contributed by atoms with E-state index < -0.39 is 5.97 Å². The topological polar surface area (TPSA) is 71.2 Å². The summed E-state index contributed by atoms with van der Waals surface area (Å²) in [4.78, 5) is 27.2. The number of unbranched alkanes of at least 4 members (excludes halogenated alkanes) is 1. The van der Waals surface area contributed by atoms with Gasteiger partial charge in [0.15, 0.2) is 0 Å². The largest absolute Gasteiger partial charge is 0.464 e. The Morgan fingerprint density at radius 1 is 1.21 bits per heavy atom. The van der Waals surface area contributed by atoms with E-state index in [-0.39, 0.29) is 11.6 Å². The Labute approximate surface area is 141 Å². The molecule has 1 aromatic carbocycles. The van der Waals surface area contributed by atoms with Crippen LogP contribution in [0, 0.1) is 0 Å². The zero-order valence-corrected chi connectivity index (χ0v) is 14.0. The Balaban J connectivity index is 2.11. The number of rotatable bonds is 7. The number of methoxy groups -OCH3 is 1. The Hall–Kier alpha value is -2.82. The molecule has 1 heterocycles. The van der Waals surface area contributed by atoms with Crippen molar-refractivity contribution in [3.63, 3.8) is 0 Å². The zero-order chi connectivity index (χ0) is 17.4. The molecule has 0 spiro atoms. The van der Waals surface area contributed by atoms with Crippen molar-refractivity contribution in [3.8, 4) is 0 Å². The van der Waals surface area contributed by atoms with Gasteiger partial charge >= 0.3 is 5.97 Å². The molecule has 1 aromatic heterocycles. The number of esters is 1. The summed E-state index contributed by atoms with van der Waals surface area (Å²) in [6.45, 7) is 2.15. The van der Waals surface area contributed by atoms with Crippen LogP contribution in [-0.4, -0.2) is 24.0 Å². The van der Waals surface area contributed by atoms with Gasteiger partial charge in [-0.25, -0.2) is 4.79 Å². The van der Waals surface area contributed by atoms with Gasteiger partial charge in [-0.15, -0.1) is 0 Å². The molecule has 0 fully saturated rings. The summed E-state index contributed by atoms with van der Waals surface area (Å²) >= 11 is 0. The van der Waals surface area contributed by atoms with Crippen molar-refractivity contribution in [2.45, 2.75) is 26.2 Å². The number of nitrogens with one attached hydrogen (secondary N) is 2. The molecule has 0 saturated heterocycles. The summed E-state index contributed by atoms with van der Waals surface area (Å²) in [5, 5.41) is 2.61. The first-order valence-electron chi connectivity index (χ1n) is 7.97. The van der Waals surface area contributed by atoms with Gasteiger partial charge in [-0.3, -0.25) is 4.79 Å². The molecule has 0 atom stereocenters. The van der Waals surface area contributed by atoms with Crippen LogP contribution in [0.5, 0.6) is 0 Å². The van der Waals surface area contributed by atoms with E-state index in [1.165, 1.54) is 12.7 Å². The van der Waals surface area contributed by atoms with Crippen molar-refractivity contribution >= 4 is 18.0 Å². The molecule has 0 radical (unpaired) electrons.